The van der Waals surface area contributed by atoms with E-state index in [-0.39, 0.29) is 11.8 Å². The molecule has 1 heterocycles. The van der Waals surface area contributed by atoms with Crippen molar-refractivity contribution in [2.45, 2.75) is 19.3 Å². The molecule has 2 fully saturated rings. The van der Waals surface area contributed by atoms with Crippen LogP contribution in [-0.2, 0) is 4.79 Å². The third-order valence-corrected chi connectivity index (χ3v) is 4.75. The second-order valence-electron chi connectivity index (χ2n) is 6.71. The van der Waals surface area contributed by atoms with Crippen molar-refractivity contribution in [3.63, 3.8) is 0 Å². The van der Waals surface area contributed by atoms with Crippen LogP contribution in [0.15, 0.2) is 42.6 Å². The maximum atomic E-state index is 12.2. The van der Waals surface area contributed by atoms with Crippen molar-refractivity contribution in [1.82, 2.24) is 4.98 Å². The lowest BCUT2D eigenvalue weighted by Crippen LogP contribution is -2.15. The van der Waals surface area contributed by atoms with Gasteiger partial charge in [0.1, 0.15) is 5.75 Å². The molecule has 0 aliphatic heterocycles. The Morgan fingerprint density at radius 2 is 2.04 bits per heavy atom. The third kappa shape index (κ3) is 3.63. The van der Waals surface area contributed by atoms with Gasteiger partial charge in [-0.2, -0.15) is 0 Å². The van der Waals surface area contributed by atoms with Crippen LogP contribution in [0, 0.1) is 17.8 Å². The van der Waals surface area contributed by atoms with Gasteiger partial charge in [0, 0.05) is 17.5 Å². The van der Waals surface area contributed by atoms with Gasteiger partial charge in [0.05, 0.1) is 11.9 Å². The van der Waals surface area contributed by atoms with Crippen molar-refractivity contribution in [3.8, 4) is 11.6 Å². The molecule has 2 atom stereocenters. The van der Waals surface area contributed by atoms with Crippen LogP contribution in [0.3, 0.4) is 0 Å². The summed E-state index contributed by atoms with van der Waals surface area (Å²) in [5, 5.41) is 2.91. The van der Waals surface area contributed by atoms with Crippen molar-refractivity contribution in [1.29, 1.82) is 0 Å². The smallest absolute Gasteiger partial charge is 0.248 e. The van der Waals surface area contributed by atoms with Gasteiger partial charge >= 0.3 is 0 Å². The van der Waals surface area contributed by atoms with E-state index in [2.05, 4.69) is 10.3 Å². The number of rotatable bonds is 6. The Labute approximate surface area is 145 Å². The van der Waals surface area contributed by atoms with E-state index in [1.165, 1.54) is 12.8 Å². The highest BCUT2D eigenvalue weighted by Crippen LogP contribution is 2.54. The molecule has 4 rings (SSSR count). The van der Waals surface area contributed by atoms with E-state index < -0.39 is 5.91 Å². The lowest BCUT2D eigenvalue weighted by atomic mass is 10.2. The minimum Gasteiger partial charge on any atom is -0.439 e. The molecule has 0 spiro atoms. The fourth-order valence-electron chi connectivity index (χ4n) is 3.14. The van der Waals surface area contributed by atoms with Gasteiger partial charge in [0.15, 0.2) is 0 Å². The number of amides is 2. The number of anilines is 1. The summed E-state index contributed by atoms with van der Waals surface area (Å²) in [5.74, 6) is 1.96. The summed E-state index contributed by atoms with van der Waals surface area (Å²) in [5.41, 5.74) is 6.28. The molecule has 128 valence electrons. The summed E-state index contributed by atoms with van der Waals surface area (Å²) in [7, 11) is 0. The van der Waals surface area contributed by atoms with E-state index in [1.54, 1.807) is 42.6 Å². The second kappa shape index (κ2) is 6.20. The third-order valence-electron chi connectivity index (χ3n) is 4.75. The predicted octanol–water partition coefficient (Wildman–Crippen LogP) is 2.96. The van der Waals surface area contributed by atoms with Gasteiger partial charge in [-0.25, -0.2) is 4.98 Å². The van der Waals surface area contributed by atoms with Crippen molar-refractivity contribution in [3.05, 3.63) is 48.2 Å². The van der Waals surface area contributed by atoms with Crippen LogP contribution in [0.1, 0.15) is 29.6 Å². The van der Waals surface area contributed by atoms with Gasteiger partial charge in [-0.3, -0.25) is 9.59 Å². The molecule has 3 N–H and O–H groups in total. The molecule has 2 aromatic rings. The van der Waals surface area contributed by atoms with Crippen LogP contribution < -0.4 is 15.8 Å². The number of hydrogen-bond donors (Lipinski definition) is 2. The highest BCUT2D eigenvalue weighted by molar-refractivity contribution is 5.94. The van der Waals surface area contributed by atoms with E-state index in [0.717, 1.165) is 12.3 Å². The van der Waals surface area contributed by atoms with E-state index in [4.69, 9.17) is 10.5 Å². The van der Waals surface area contributed by atoms with Crippen molar-refractivity contribution in [2.75, 3.05) is 5.32 Å². The van der Waals surface area contributed by atoms with Crippen LogP contribution in [0.25, 0.3) is 0 Å². The molecule has 25 heavy (non-hydrogen) atoms. The molecule has 0 radical (unpaired) electrons. The first kappa shape index (κ1) is 15.6. The number of ether oxygens (including phenoxy) is 1. The predicted molar refractivity (Wildman–Crippen MR) is 92.2 cm³/mol. The molecular formula is C19H19N3O3. The van der Waals surface area contributed by atoms with Crippen molar-refractivity contribution >= 4 is 17.5 Å². The maximum Gasteiger partial charge on any atom is 0.248 e. The van der Waals surface area contributed by atoms with Crippen LogP contribution in [0.2, 0.25) is 0 Å². The zero-order valence-electron chi connectivity index (χ0n) is 13.6. The van der Waals surface area contributed by atoms with Gasteiger partial charge in [0.2, 0.25) is 17.7 Å². The molecule has 1 aromatic carbocycles. The van der Waals surface area contributed by atoms with Gasteiger partial charge in [-0.1, -0.05) is 6.07 Å². The van der Waals surface area contributed by atoms with E-state index in [1.807, 2.05) is 0 Å². The largest absolute Gasteiger partial charge is 0.439 e. The first-order valence-corrected chi connectivity index (χ1v) is 8.45. The summed E-state index contributed by atoms with van der Waals surface area (Å²) in [6, 6.07) is 10.0. The molecule has 2 aliphatic rings. The number of carbonyl (C=O) groups excluding carboxylic acids is 2. The van der Waals surface area contributed by atoms with Crippen LogP contribution in [0.5, 0.6) is 11.6 Å². The molecule has 0 saturated heterocycles. The molecule has 6 heteroatoms. The topological polar surface area (TPSA) is 94.3 Å². The highest BCUT2D eigenvalue weighted by atomic mass is 16.5. The maximum absolute atomic E-state index is 12.2. The monoisotopic (exact) mass is 337 g/mol. The molecule has 2 saturated carbocycles. The Hall–Kier alpha value is -2.89. The Kier molecular flexibility index (Phi) is 3.87. The van der Waals surface area contributed by atoms with Gasteiger partial charge < -0.3 is 15.8 Å². The summed E-state index contributed by atoms with van der Waals surface area (Å²) in [6.07, 6.45) is 5.14. The lowest BCUT2D eigenvalue weighted by molar-refractivity contribution is -0.117. The zero-order chi connectivity index (χ0) is 17.4. The standard InChI is InChI=1S/C19H19N3O3/c20-18(23)12-2-1-3-14(8-12)25-17-7-6-13(10-21-17)22-19(24)16-9-15(16)11-4-5-11/h1-3,6-8,10-11,15-16H,4-5,9H2,(H2,20,23)(H,22,24)/t15-,16+/m1/s1. The lowest BCUT2D eigenvalue weighted by Gasteiger charge is -2.08. The number of aromatic nitrogens is 1. The number of nitrogens with two attached hydrogens (primary N) is 1. The van der Waals surface area contributed by atoms with Gasteiger partial charge in [0.25, 0.3) is 0 Å². The van der Waals surface area contributed by atoms with Crippen LogP contribution in [-0.4, -0.2) is 16.8 Å². The van der Waals surface area contributed by atoms with E-state index in [0.29, 0.717) is 28.8 Å². The molecule has 6 nitrogen and oxygen atoms in total. The number of nitrogens with zero attached hydrogens (tertiary/aromatic N) is 1. The van der Waals surface area contributed by atoms with Crippen molar-refractivity contribution in [2.24, 2.45) is 23.5 Å². The minimum absolute atomic E-state index is 0.0847. The quantitative estimate of drug-likeness (QED) is 0.847. The first-order valence-electron chi connectivity index (χ1n) is 8.45. The van der Waals surface area contributed by atoms with Crippen molar-refractivity contribution < 1.29 is 14.3 Å². The number of benzene rings is 1. The molecular weight excluding hydrogens is 318 g/mol. The Bertz CT molecular complexity index is 815. The van der Waals surface area contributed by atoms with E-state index >= 15 is 0 Å². The SMILES string of the molecule is NC(=O)c1cccc(Oc2ccc(NC(=O)[C@H]3C[C@@H]3C3CC3)cn2)c1. The number of pyridine rings is 1. The first-order chi connectivity index (χ1) is 12.1. The molecule has 2 amide bonds. The average molecular weight is 337 g/mol. The zero-order valence-corrected chi connectivity index (χ0v) is 13.6. The van der Waals surface area contributed by atoms with Crippen LogP contribution in [0.4, 0.5) is 5.69 Å². The fourth-order valence-corrected chi connectivity index (χ4v) is 3.14. The number of hydrogen-bond acceptors (Lipinski definition) is 4. The van der Waals surface area contributed by atoms with E-state index in [9.17, 15) is 9.59 Å². The summed E-state index contributed by atoms with van der Waals surface area (Å²) in [4.78, 5) is 27.6. The average Bonchev–Trinajstić information content (AvgIpc) is 3.47. The fraction of sp³-hybridized carbons (Fsp3) is 0.316. The molecule has 0 unspecified atom stereocenters. The highest BCUT2D eigenvalue weighted by Gasteiger charge is 2.51. The van der Waals surface area contributed by atoms with Crippen LogP contribution >= 0.6 is 0 Å². The summed E-state index contributed by atoms with van der Waals surface area (Å²) in [6.45, 7) is 0. The number of primary amides is 1. The summed E-state index contributed by atoms with van der Waals surface area (Å²) >= 11 is 0. The van der Waals surface area contributed by atoms with Gasteiger partial charge in [-0.05, 0) is 55.4 Å². The second-order valence-corrected chi connectivity index (χ2v) is 6.71. The minimum atomic E-state index is -0.513. The van der Waals surface area contributed by atoms with Gasteiger partial charge in [-0.15, -0.1) is 0 Å². The molecule has 1 aromatic heterocycles. The number of nitrogens with one attached hydrogen (secondary N) is 1. The molecule has 0 bridgehead atoms. The number of carbonyl (C=O) groups is 2. The summed E-state index contributed by atoms with van der Waals surface area (Å²) < 4.78 is 5.61. The normalized spacial score (nSPS) is 21.4. The molecule has 2 aliphatic carbocycles. The Morgan fingerprint density at radius 1 is 1.20 bits per heavy atom. The Balaban J connectivity index is 1.36. The Morgan fingerprint density at radius 3 is 2.72 bits per heavy atom.